The molecule has 0 atom stereocenters. The molecule has 12 heteroatoms. The first-order valence-electron chi connectivity index (χ1n) is 8.70. The van der Waals surface area contributed by atoms with E-state index < -0.39 is 22.0 Å². The van der Waals surface area contributed by atoms with E-state index in [-0.39, 0.29) is 40.3 Å². The van der Waals surface area contributed by atoms with E-state index in [0.29, 0.717) is 11.4 Å². The topological polar surface area (TPSA) is 110 Å². The average Bonchev–Trinajstić information content (AvgIpc) is 3.04. The maximum Gasteiger partial charge on any atom is 0.338 e. The molecule has 0 aromatic heterocycles. The van der Waals surface area contributed by atoms with Gasteiger partial charge < -0.3 is 14.4 Å². The number of amides is 1. The van der Waals surface area contributed by atoms with Crippen molar-refractivity contribution in [1.29, 1.82) is 0 Å². The number of hydrogen-bond donors (Lipinski definition) is 0. The number of esters is 2. The molecule has 1 fully saturated rings. The molecule has 1 saturated heterocycles. The zero-order valence-corrected chi connectivity index (χ0v) is 19.0. The van der Waals surface area contributed by atoms with Crippen LogP contribution >= 0.6 is 23.4 Å². The van der Waals surface area contributed by atoms with Gasteiger partial charge >= 0.3 is 11.9 Å². The van der Waals surface area contributed by atoms with Crippen LogP contribution in [0.4, 0.5) is 0 Å². The molecule has 9 nitrogen and oxygen atoms in total. The number of ether oxygens (including phenoxy) is 2. The standard InChI is InChI=1S/C18H21ClN2O7S2/c1-20(2)30(25,26)14-9-12(5-6-13(14)19)18(24)28-8-4-7-21-15(22)11-29-16(21)10-17(23)27-3/h5-6,9-10H,4,7-8,11H2,1-3H3/b16-10+. The Kier molecular flexibility index (Phi) is 8.30. The minimum atomic E-state index is -3.82. The van der Waals surface area contributed by atoms with Crippen LogP contribution in [-0.4, -0.2) is 75.6 Å². The summed E-state index contributed by atoms with van der Waals surface area (Å²) in [4.78, 5) is 36.9. The Labute approximate surface area is 184 Å². The molecule has 1 aromatic carbocycles. The second-order valence-electron chi connectivity index (χ2n) is 6.26. The molecule has 0 N–H and O–H groups in total. The molecular weight excluding hydrogens is 456 g/mol. The lowest BCUT2D eigenvalue weighted by molar-refractivity contribution is -0.134. The minimum Gasteiger partial charge on any atom is -0.466 e. The van der Waals surface area contributed by atoms with Gasteiger partial charge in [-0.15, -0.1) is 0 Å². The first-order chi connectivity index (χ1) is 14.1. The second-order valence-corrected chi connectivity index (χ2v) is 9.78. The normalized spacial score (nSPS) is 15.7. The maximum atomic E-state index is 12.3. The Morgan fingerprint density at radius 2 is 2.03 bits per heavy atom. The Bertz CT molecular complexity index is 977. The lowest BCUT2D eigenvalue weighted by Crippen LogP contribution is -2.27. The molecule has 0 aliphatic carbocycles. The number of halogens is 1. The largest absolute Gasteiger partial charge is 0.466 e. The van der Waals surface area contributed by atoms with Gasteiger partial charge in [-0.25, -0.2) is 22.3 Å². The highest BCUT2D eigenvalue weighted by Gasteiger charge is 2.27. The molecule has 0 radical (unpaired) electrons. The number of nitrogens with zero attached hydrogens (tertiary/aromatic N) is 2. The Balaban J connectivity index is 1.98. The molecule has 0 unspecified atom stereocenters. The van der Waals surface area contributed by atoms with Crippen molar-refractivity contribution in [2.75, 3.05) is 40.1 Å². The Morgan fingerprint density at radius 3 is 2.67 bits per heavy atom. The number of methoxy groups -OCH3 is 1. The fourth-order valence-electron chi connectivity index (χ4n) is 2.42. The number of benzene rings is 1. The van der Waals surface area contributed by atoms with E-state index in [2.05, 4.69) is 4.74 Å². The summed E-state index contributed by atoms with van der Waals surface area (Å²) in [6.07, 6.45) is 1.56. The van der Waals surface area contributed by atoms with Gasteiger partial charge in [0.25, 0.3) is 0 Å². The summed E-state index contributed by atoms with van der Waals surface area (Å²) in [7, 11) is 0.143. The molecular formula is C18H21ClN2O7S2. The molecule has 0 bridgehead atoms. The summed E-state index contributed by atoms with van der Waals surface area (Å²) in [5, 5.41) is 0.477. The summed E-state index contributed by atoms with van der Waals surface area (Å²) in [5.74, 6) is -1.21. The number of carbonyl (C=O) groups excluding carboxylic acids is 3. The smallest absolute Gasteiger partial charge is 0.338 e. The zero-order chi connectivity index (χ0) is 22.5. The Hall–Kier alpha value is -2.08. The molecule has 1 amide bonds. The van der Waals surface area contributed by atoms with Crippen molar-refractivity contribution in [3.63, 3.8) is 0 Å². The molecule has 30 heavy (non-hydrogen) atoms. The first kappa shape index (κ1) is 24.2. The van der Waals surface area contributed by atoms with E-state index in [1.165, 1.54) is 56.1 Å². The zero-order valence-electron chi connectivity index (χ0n) is 16.6. The van der Waals surface area contributed by atoms with Crippen molar-refractivity contribution < 1.29 is 32.3 Å². The van der Waals surface area contributed by atoms with Crippen LogP contribution in [0.15, 0.2) is 34.2 Å². The monoisotopic (exact) mass is 476 g/mol. The van der Waals surface area contributed by atoms with E-state index >= 15 is 0 Å². The van der Waals surface area contributed by atoms with E-state index in [1.807, 2.05) is 0 Å². The minimum absolute atomic E-state index is 0.00280. The third-order valence-corrected chi connectivity index (χ3v) is 7.36. The number of carbonyl (C=O) groups is 3. The fraction of sp³-hybridized carbons (Fsp3) is 0.389. The fourth-order valence-corrected chi connectivity index (χ4v) is 4.77. The summed E-state index contributed by atoms with van der Waals surface area (Å²) in [6, 6.07) is 3.85. The molecule has 0 spiro atoms. The van der Waals surface area contributed by atoms with Crippen LogP contribution in [0.25, 0.3) is 0 Å². The highest BCUT2D eigenvalue weighted by atomic mass is 35.5. The highest BCUT2D eigenvalue weighted by Crippen LogP contribution is 2.29. The van der Waals surface area contributed by atoms with Gasteiger partial charge in [-0.05, 0) is 24.6 Å². The third kappa shape index (κ3) is 5.75. The predicted molar refractivity (Wildman–Crippen MR) is 111 cm³/mol. The van der Waals surface area contributed by atoms with Crippen LogP contribution < -0.4 is 0 Å². The van der Waals surface area contributed by atoms with Crippen LogP contribution in [0.3, 0.4) is 0 Å². The van der Waals surface area contributed by atoms with Crippen LogP contribution in [-0.2, 0) is 29.1 Å². The van der Waals surface area contributed by atoms with Gasteiger partial charge in [0, 0.05) is 20.6 Å². The van der Waals surface area contributed by atoms with Crippen molar-refractivity contribution in [3.05, 3.63) is 39.9 Å². The predicted octanol–water partition coefficient (Wildman–Crippen LogP) is 1.73. The van der Waals surface area contributed by atoms with E-state index in [0.717, 1.165) is 10.4 Å². The quantitative estimate of drug-likeness (QED) is 0.317. The highest BCUT2D eigenvalue weighted by molar-refractivity contribution is 8.04. The molecule has 1 aromatic rings. The number of rotatable bonds is 8. The van der Waals surface area contributed by atoms with E-state index in [1.54, 1.807) is 0 Å². The van der Waals surface area contributed by atoms with E-state index in [9.17, 15) is 22.8 Å². The van der Waals surface area contributed by atoms with Crippen molar-refractivity contribution in [1.82, 2.24) is 9.21 Å². The van der Waals surface area contributed by atoms with E-state index in [4.69, 9.17) is 16.3 Å². The molecule has 0 saturated carbocycles. The molecule has 1 aliphatic rings. The first-order valence-corrected chi connectivity index (χ1v) is 11.5. The summed E-state index contributed by atoms with van der Waals surface area (Å²) in [6.45, 7) is 0.250. The van der Waals surface area contributed by atoms with Crippen molar-refractivity contribution >= 4 is 51.2 Å². The second kappa shape index (κ2) is 10.3. The SMILES string of the molecule is COC(=O)/C=C1/SCC(=O)N1CCCOC(=O)c1ccc(Cl)c(S(=O)(=O)N(C)C)c1. The molecule has 164 valence electrons. The number of sulfonamides is 1. The summed E-state index contributed by atoms with van der Waals surface area (Å²) >= 11 is 7.19. The van der Waals surface area contributed by atoms with Gasteiger partial charge in [0.1, 0.15) is 4.90 Å². The molecule has 2 rings (SSSR count). The van der Waals surface area contributed by atoms with Gasteiger partial charge in [0.2, 0.25) is 15.9 Å². The van der Waals surface area contributed by atoms with Crippen LogP contribution in [0.1, 0.15) is 16.8 Å². The van der Waals surface area contributed by atoms with Gasteiger partial charge in [0.05, 0.1) is 41.2 Å². The summed E-state index contributed by atoms with van der Waals surface area (Å²) in [5.41, 5.74) is 0.0407. The lowest BCUT2D eigenvalue weighted by Gasteiger charge is -2.17. The maximum absolute atomic E-state index is 12.3. The number of hydrogen-bond acceptors (Lipinski definition) is 8. The van der Waals surface area contributed by atoms with Gasteiger partial charge in [-0.2, -0.15) is 0 Å². The van der Waals surface area contributed by atoms with Crippen LogP contribution in [0, 0.1) is 0 Å². The molecule has 1 heterocycles. The van der Waals surface area contributed by atoms with Gasteiger partial charge in [-0.1, -0.05) is 23.4 Å². The molecule has 1 aliphatic heterocycles. The number of thioether (sulfide) groups is 1. The van der Waals surface area contributed by atoms with Crippen LogP contribution in [0.5, 0.6) is 0 Å². The average molecular weight is 477 g/mol. The van der Waals surface area contributed by atoms with Crippen molar-refractivity contribution in [2.24, 2.45) is 0 Å². The third-order valence-electron chi connectivity index (χ3n) is 4.04. The summed E-state index contributed by atoms with van der Waals surface area (Å²) < 4.78 is 35.4. The van der Waals surface area contributed by atoms with Gasteiger partial charge in [-0.3, -0.25) is 4.79 Å². The van der Waals surface area contributed by atoms with Gasteiger partial charge in [0.15, 0.2) is 0 Å². The van der Waals surface area contributed by atoms with Crippen LogP contribution in [0.2, 0.25) is 5.02 Å². The van der Waals surface area contributed by atoms with Crippen molar-refractivity contribution in [2.45, 2.75) is 11.3 Å². The van der Waals surface area contributed by atoms with Crippen molar-refractivity contribution in [3.8, 4) is 0 Å². The Morgan fingerprint density at radius 1 is 1.33 bits per heavy atom. The lowest BCUT2D eigenvalue weighted by atomic mass is 10.2.